The predicted molar refractivity (Wildman–Crippen MR) is 85.1 cm³/mol. The van der Waals surface area contributed by atoms with Crippen LogP contribution in [0.2, 0.25) is 0 Å². The van der Waals surface area contributed by atoms with Gasteiger partial charge in [0, 0.05) is 16.3 Å². The molecule has 19 heavy (non-hydrogen) atoms. The molecule has 1 aliphatic carbocycles. The molecule has 0 unspecified atom stereocenters. The van der Waals surface area contributed by atoms with Crippen molar-refractivity contribution in [2.24, 2.45) is 0 Å². The van der Waals surface area contributed by atoms with Crippen LogP contribution in [0.15, 0.2) is 6.07 Å². The van der Waals surface area contributed by atoms with E-state index in [1.54, 1.807) is 10.4 Å². The van der Waals surface area contributed by atoms with Gasteiger partial charge in [0.05, 0.1) is 0 Å². The highest BCUT2D eigenvalue weighted by molar-refractivity contribution is 7.12. The monoisotopic (exact) mass is 280 g/mol. The Balaban J connectivity index is 1.63. The average molecular weight is 280 g/mol. The van der Waals surface area contributed by atoms with Crippen molar-refractivity contribution in [2.45, 2.75) is 58.4 Å². The standard InChI is InChI=1S/C16H28N2S/c1-2-9-17-10-6-11-18-13-15-12-14-7-4-3-5-8-16(14)19-15/h12,17-18H,2-11,13H2,1H3. The molecule has 0 saturated heterocycles. The Labute approximate surface area is 122 Å². The number of aryl methyl sites for hydroxylation is 2. The van der Waals surface area contributed by atoms with E-state index in [1.807, 2.05) is 11.3 Å². The van der Waals surface area contributed by atoms with Crippen molar-refractivity contribution in [1.29, 1.82) is 0 Å². The third-order valence-corrected chi connectivity index (χ3v) is 4.97. The van der Waals surface area contributed by atoms with Gasteiger partial charge in [-0.15, -0.1) is 11.3 Å². The fourth-order valence-corrected chi connectivity index (χ4v) is 3.90. The molecule has 0 aromatic carbocycles. The number of fused-ring (bicyclic) bond motifs is 1. The lowest BCUT2D eigenvalue weighted by atomic mass is 10.1. The Hall–Kier alpha value is -0.380. The van der Waals surface area contributed by atoms with Gasteiger partial charge in [-0.25, -0.2) is 0 Å². The Morgan fingerprint density at radius 1 is 1.05 bits per heavy atom. The topological polar surface area (TPSA) is 24.1 Å². The maximum atomic E-state index is 3.57. The van der Waals surface area contributed by atoms with Gasteiger partial charge in [-0.05, 0) is 69.8 Å². The van der Waals surface area contributed by atoms with Crippen LogP contribution in [0.5, 0.6) is 0 Å². The summed E-state index contributed by atoms with van der Waals surface area (Å²) in [5, 5.41) is 7.02. The van der Waals surface area contributed by atoms with E-state index in [4.69, 9.17) is 0 Å². The zero-order valence-corrected chi connectivity index (χ0v) is 13.1. The van der Waals surface area contributed by atoms with Gasteiger partial charge in [0.25, 0.3) is 0 Å². The van der Waals surface area contributed by atoms with Crippen molar-refractivity contribution in [2.75, 3.05) is 19.6 Å². The molecule has 0 saturated carbocycles. The van der Waals surface area contributed by atoms with E-state index >= 15 is 0 Å². The smallest absolute Gasteiger partial charge is 0.0299 e. The van der Waals surface area contributed by atoms with Gasteiger partial charge in [-0.1, -0.05) is 13.3 Å². The van der Waals surface area contributed by atoms with Gasteiger partial charge < -0.3 is 10.6 Å². The molecule has 1 heterocycles. The van der Waals surface area contributed by atoms with E-state index in [2.05, 4.69) is 23.6 Å². The quantitative estimate of drug-likeness (QED) is 0.562. The van der Waals surface area contributed by atoms with Gasteiger partial charge in [-0.2, -0.15) is 0 Å². The van der Waals surface area contributed by atoms with E-state index in [9.17, 15) is 0 Å². The molecule has 3 heteroatoms. The fourth-order valence-electron chi connectivity index (χ4n) is 2.67. The number of hydrogen-bond donors (Lipinski definition) is 2. The normalized spacial score (nSPS) is 15.2. The van der Waals surface area contributed by atoms with E-state index in [0.29, 0.717) is 0 Å². The summed E-state index contributed by atoms with van der Waals surface area (Å²) in [6.07, 6.45) is 9.29. The highest BCUT2D eigenvalue weighted by Crippen LogP contribution is 2.28. The van der Waals surface area contributed by atoms with Crippen LogP contribution in [0.25, 0.3) is 0 Å². The van der Waals surface area contributed by atoms with Gasteiger partial charge in [0.15, 0.2) is 0 Å². The first kappa shape index (κ1) is 15.0. The van der Waals surface area contributed by atoms with Crippen molar-refractivity contribution in [3.05, 3.63) is 21.4 Å². The minimum atomic E-state index is 1.06. The van der Waals surface area contributed by atoms with Crippen molar-refractivity contribution >= 4 is 11.3 Å². The van der Waals surface area contributed by atoms with Crippen LogP contribution in [0.1, 0.15) is 54.3 Å². The summed E-state index contributed by atoms with van der Waals surface area (Å²) < 4.78 is 0. The SMILES string of the molecule is CCCNCCCNCc1cc2c(s1)CCCCC2. The van der Waals surface area contributed by atoms with Crippen LogP contribution in [0.3, 0.4) is 0 Å². The van der Waals surface area contributed by atoms with Gasteiger partial charge >= 0.3 is 0 Å². The van der Waals surface area contributed by atoms with Gasteiger partial charge in [0.1, 0.15) is 0 Å². The molecule has 0 atom stereocenters. The highest BCUT2D eigenvalue weighted by Gasteiger charge is 2.11. The second-order valence-electron chi connectivity index (χ2n) is 5.50. The molecule has 1 aromatic heterocycles. The lowest BCUT2D eigenvalue weighted by molar-refractivity contribution is 0.594. The number of nitrogens with one attached hydrogen (secondary N) is 2. The summed E-state index contributed by atoms with van der Waals surface area (Å²) in [5.74, 6) is 0. The molecule has 0 bridgehead atoms. The molecule has 1 aliphatic rings. The van der Waals surface area contributed by atoms with Gasteiger partial charge in [0.2, 0.25) is 0 Å². The molecule has 0 fully saturated rings. The third-order valence-electron chi connectivity index (χ3n) is 3.73. The Morgan fingerprint density at radius 2 is 1.89 bits per heavy atom. The number of thiophene rings is 1. The molecule has 2 N–H and O–H groups in total. The zero-order chi connectivity index (χ0) is 13.3. The van der Waals surface area contributed by atoms with E-state index in [1.165, 1.54) is 49.8 Å². The van der Waals surface area contributed by atoms with Gasteiger partial charge in [-0.3, -0.25) is 0 Å². The first-order valence-corrected chi connectivity index (χ1v) is 8.73. The maximum Gasteiger partial charge on any atom is 0.0299 e. The van der Waals surface area contributed by atoms with Crippen molar-refractivity contribution in [3.63, 3.8) is 0 Å². The molecule has 2 rings (SSSR count). The second-order valence-corrected chi connectivity index (χ2v) is 6.72. The van der Waals surface area contributed by atoms with Crippen LogP contribution >= 0.6 is 11.3 Å². The minimum Gasteiger partial charge on any atom is -0.317 e. The molecule has 0 amide bonds. The van der Waals surface area contributed by atoms with Crippen LogP contribution < -0.4 is 10.6 Å². The van der Waals surface area contributed by atoms with E-state index in [0.717, 1.165) is 26.2 Å². The summed E-state index contributed by atoms with van der Waals surface area (Å²) in [6, 6.07) is 2.45. The molecular weight excluding hydrogens is 252 g/mol. The summed E-state index contributed by atoms with van der Waals surface area (Å²) in [5.41, 5.74) is 1.64. The van der Waals surface area contributed by atoms with Crippen molar-refractivity contribution < 1.29 is 0 Å². The Bertz CT molecular complexity index is 336. The molecule has 108 valence electrons. The molecule has 0 aliphatic heterocycles. The zero-order valence-electron chi connectivity index (χ0n) is 12.3. The largest absolute Gasteiger partial charge is 0.317 e. The fraction of sp³-hybridized carbons (Fsp3) is 0.750. The number of hydrogen-bond acceptors (Lipinski definition) is 3. The summed E-state index contributed by atoms with van der Waals surface area (Å²) in [7, 11) is 0. The van der Waals surface area contributed by atoms with Crippen molar-refractivity contribution in [3.8, 4) is 0 Å². The van der Waals surface area contributed by atoms with Crippen LogP contribution in [-0.2, 0) is 19.4 Å². The lowest BCUT2D eigenvalue weighted by Gasteiger charge is -2.04. The predicted octanol–water partition coefficient (Wildman–Crippen LogP) is 3.50. The first-order valence-electron chi connectivity index (χ1n) is 7.92. The third kappa shape index (κ3) is 5.25. The van der Waals surface area contributed by atoms with Crippen LogP contribution in [0, 0.1) is 0 Å². The first-order chi connectivity index (χ1) is 9.40. The lowest BCUT2D eigenvalue weighted by Crippen LogP contribution is -2.22. The Morgan fingerprint density at radius 3 is 2.79 bits per heavy atom. The average Bonchev–Trinajstić information content (AvgIpc) is 2.67. The van der Waals surface area contributed by atoms with Crippen LogP contribution in [-0.4, -0.2) is 19.6 Å². The molecule has 0 spiro atoms. The molecule has 2 nitrogen and oxygen atoms in total. The van der Waals surface area contributed by atoms with Crippen molar-refractivity contribution in [1.82, 2.24) is 10.6 Å². The highest BCUT2D eigenvalue weighted by atomic mass is 32.1. The minimum absolute atomic E-state index is 1.06. The van der Waals surface area contributed by atoms with Crippen LogP contribution in [0.4, 0.5) is 0 Å². The van der Waals surface area contributed by atoms with E-state index in [-0.39, 0.29) is 0 Å². The molecular formula is C16H28N2S. The summed E-state index contributed by atoms with van der Waals surface area (Å²) in [6.45, 7) is 6.69. The Kier molecular flexibility index (Phi) is 6.90. The molecule has 1 aromatic rings. The maximum absolute atomic E-state index is 3.57. The molecule has 0 radical (unpaired) electrons. The van der Waals surface area contributed by atoms with E-state index < -0.39 is 0 Å². The number of rotatable bonds is 8. The summed E-state index contributed by atoms with van der Waals surface area (Å²) >= 11 is 2.04. The second kappa shape index (κ2) is 8.72. The summed E-state index contributed by atoms with van der Waals surface area (Å²) in [4.78, 5) is 3.20.